The Labute approximate surface area is 94.3 Å². The average molecular weight is 228 g/mol. The highest BCUT2D eigenvalue weighted by Crippen LogP contribution is 2.31. The van der Waals surface area contributed by atoms with Crippen LogP contribution in [0.4, 0.5) is 0 Å². The molecule has 15 heavy (non-hydrogen) atoms. The van der Waals surface area contributed by atoms with Crippen molar-refractivity contribution < 1.29 is 9.90 Å². The van der Waals surface area contributed by atoms with Crippen molar-refractivity contribution in [2.75, 3.05) is 14.1 Å². The van der Waals surface area contributed by atoms with E-state index in [0.717, 1.165) is 0 Å². The quantitative estimate of drug-likeness (QED) is 0.861. The van der Waals surface area contributed by atoms with Gasteiger partial charge in [-0.3, -0.25) is 4.90 Å². The van der Waals surface area contributed by atoms with Gasteiger partial charge in [0.05, 0.1) is 0 Å². The van der Waals surface area contributed by atoms with Gasteiger partial charge in [0.2, 0.25) is 0 Å². The summed E-state index contributed by atoms with van der Waals surface area (Å²) in [7, 11) is 3.44. The zero-order chi connectivity index (χ0) is 11.6. The second-order valence-corrected chi connectivity index (χ2v) is 4.16. The smallest absolute Gasteiger partial charge is 0.328 e. The van der Waals surface area contributed by atoms with Crippen LogP contribution in [0.1, 0.15) is 12.5 Å². The first-order chi connectivity index (χ1) is 6.90. The van der Waals surface area contributed by atoms with E-state index in [9.17, 15) is 9.90 Å². The zero-order valence-electron chi connectivity index (χ0n) is 8.99. The molecule has 0 heterocycles. The highest BCUT2D eigenvalue weighted by Gasteiger charge is 2.38. The van der Waals surface area contributed by atoms with E-state index in [1.165, 1.54) is 0 Å². The Morgan fingerprint density at radius 1 is 1.40 bits per heavy atom. The van der Waals surface area contributed by atoms with Crippen molar-refractivity contribution in [3.8, 4) is 0 Å². The molecule has 1 rings (SSSR count). The number of likely N-dealkylation sites (N-methyl/N-ethyl adjacent to an activating group) is 1. The van der Waals surface area contributed by atoms with Crippen molar-refractivity contribution in [1.82, 2.24) is 4.90 Å². The van der Waals surface area contributed by atoms with Crippen LogP contribution >= 0.6 is 11.6 Å². The third-order valence-electron chi connectivity index (χ3n) is 2.71. The highest BCUT2D eigenvalue weighted by atomic mass is 35.5. The lowest BCUT2D eigenvalue weighted by molar-refractivity contribution is -0.149. The number of halogens is 1. The minimum atomic E-state index is -1.10. The van der Waals surface area contributed by atoms with Gasteiger partial charge < -0.3 is 5.11 Å². The second-order valence-electron chi connectivity index (χ2n) is 3.75. The first kappa shape index (κ1) is 12.0. The fraction of sp³-hybridized carbons (Fsp3) is 0.364. The normalized spacial score (nSPS) is 15.0. The van der Waals surface area contributed by atoms with Crippen molar-refractivity contribution in [1.29, 1.82) is 0 Å². The molecule has 1 unspecified atom stereocenters. The molecule has 1 aromatic rings. The van der Waals surface area contributed by atoms with Gasteiger partial charge in [0, 0.05) is 10.6 Å². The van der Waals surface area contributed by atoms with Crippen LogP contribution in [0.25, 0.3) is 0 Å². The molecule has 3 nitrogen and oxygen atoms in total. The summed E-state index contributed by atoms with van der Waals surface area (Å²) in [4.78, 5) is 13.0. The summed E-state index contributed by atoms with van der Waals surface area (Å²) in [6.45, 7) is 1.64. The third kappa shape index (κ3) is 1.98. The predicted octanol–water partition coefficient (Wildman–Crippen LogP) is 2.20. The van der Waals surface area contributed by atoms with Gasteiger partial charge in [-0.2, -0.15) is 0 Å². The SMILES string of the molecule is CN(C)C(C)(C(=O)O)c1ccccc1Cl. The first-order valence-corrected chi connectivity index (χ1v) is 4.94. The summed E-state index contributed by atoms with van der Waals surface area (Å²) in [5.41, 5.74) is -0.498. The molecule has 1 atom stereocenters. The second kappa shape index (κ2) is 4.21. The summed E-state index contributed by atoms with van der Waals surface area (Å²) in [6, 6.07) is 6.99. The van der Waals surface area contributed by atoms with Gasteiger partial charge in [-0.25, -0.2) is 4.79 Å². The molecule has 1 aromatic carbocycles. The number of benzene rings is 1. The first-order valence-electron chi connectivity index (χ1n) is 4.56. The maximum absolute atomic E-state index is 11.3. The molecular formula is C11H14ClNO2. The standard InChI is InChI=1S/C11H14ClNO2/c1-11(10(14)15,13(2)3)8-6-4-5-7-9(8)12/h4-7H,1-3H3,(H,14,15). The zero-order valence-corrected chi connectivity index (χ0v) is 9.75. The molecular weight excluding hydrogens is 214 g/mol. The van der Waals surface area contributed by atoms with Crippen molar-refractivity contribution in [3.05, 3.63) is 34.9 Å². The molecule has 0 saturated heterocycles. The van der Waals surface area contributed by atoms with Gasteiger partial charge in [0.15, 0.2) is 0 Å². The van der Waals surface area contributed by atoms with Crippen LogP contribution in [-0.4, -0.2) is 30.1 Å². The third-order valence-corrected chi connectivity index (χ3v) is 3.04. The molecule has 1 N–H and O–H groups in total. The van der Waals surface area contributed by atoms with Gasteiger partial charge in [-0.05, 0) is 27.1 Å². The molecule has 4 heteroatoms. The molecule has 0 fully saturated rings. The van der Waals surface area contributed by atoms with Gasteiger partial charge >= 0.3 is 5.97 Å². The molecule has 0 aliphatic carbocycles. The van der Waals surface area contributed by atoms with Crippen LogP contribution in [0.5, 0.6) is 0 Å². The summed E-state index contributed by atoms with van der Waals surface area (Å²) >= 11 is 6.01. The summed E-state index contributed by atoms with van der Waals surface area (Å²) in [6.07, 6.45) is 0. The molecule has 82 valence electrons. The number of rotatable bonds is 3. The molecule has 0 aromatic heterocycles. The minimum absolute atomic E-state index is 0.469. The van der Waals surface area contributed by atoms with Crippen molar-refractivity contribution in [2.45, 2.75) is 12.5 Å². The highest BCUT2D eigenvalue weighted by molar-refractivity contribution is 6.31. The van der Waals surface area contributed by atoms with E-state index < -0.39 is 11.5 Å². The van der Waals surface area contributed by atoms with Crippen LogP contribution in [0, 0.1) is 0 Å². The fourth-order valence-electron chi connectivity index (χ4n) is 1.40. The molecule has 0 bridgehead atoms. The lowest BCUT2D eigenvalue weighted by atomic mass is 9.91. The number of carbonyl (C=O) groups is 1. The Bertz CT molecular complexity index is 379. The predicted molar refractivity (Wildman–Crippen MR) is 60.1 cm³/mol. The number of carboxylic acids is 1. The van der Waals surface area contributed by atoms with Crippen LogP contribution < -0.4 is 0 Å². The number of carboxylic acid groups (broad SMARTS) is 1. The Hall–Kier alpha value is -1.06. The van der Waals surface area contributed by atoms with E-state index in [1.807, 2.05) is 0 Å². The van der Waals surface area contributed by atoms with Gasteiger partial charge in [-0.1, -0.05) is 29.8 Å². The Balaban J connectivity index is 3.34. The number of hydrogen-bond donors (Lipinski definition) is 1. The van der Waals surface area contributed by atoms with E-state index in [2.05, 4.69) is 0 Å². The maximum atomic E-state index is 11.3. The largest absolute Gasteiger partial charge is 0.480 e. The Morgan fingerprint density at radius 3 is 2.33 bits per heavy atom. The number of aliphatic carboxylic acids is 1. The molecule has 0 aliphatic rings. The van der Waals surface area contributed by atoms with Crippen LogP contribution in [0.2, 0.25) is 5.02 Å². The molecule has 0 spiro atoms. The van der Waals surface area contributed by atoms with Crippen LogP contribution in [0.3, 0.4) is 0 Å². The number of nitrogens with zero attached hydrogens (tertiary/aromatic N) is 1. The molecule has 0 aliphatic heterocycles. The fourth-order valence-corrected chi connectivity index (χ4v) is 1.72. The molecule has 0 radical (unpaired) electrons. The summed E-state index contributed by atoms with van der Waals surface area (Å²) < 4.78 is 0. The minimum Gasteiger partial charge on any atom is -0.480 e. The Morgan fingerprint density at radius 2 is 1.93 bits per heavy atom. The van der Waals surface area contributed by atoms with E-state index in [1.54, 1.807) is 50.2 Å². The average Bonchev–Trinajstić information content (AvgIpc) is 2.16. The lowest BCUT2D eigenvalue weighted by Crippen LogP contribution is -2.45. The van der Waals surface area contributed by atoms with Crippen molar-refractivity contribution in [3.63, 3.8) is 0 Å². The van der Waals surface area contributed by atoms with Crippen LogP contribution in [-0.2, 0) is 10.3 Å². The lowest BCUT2D eigenvalue weighted by Gasteiger charge is -2.33. The van der Waals surface area contributed by atoms with E-state index in [4.69, 9.17) is 11.6 Å². The number of hydrogen-bond acceptors (Lipinski definition) is 2. The maximum Gasteiger partial charge on any atom is 0.328 e. The van der Waals surface area contributed by atoms with Crippen molar-refractivity contribution >= 4 is 17.6 Å². The van der Waals surface area contributed by atoms with Gasteiger partial charge in [-0.15, -0.1) is 0 Å². The Kier molecular flexibility index (Phi) is 3.37. The van der Waals surface area contributed by atoms with Gasteiger partial charge in [0.1, 0.15) is 5.54 Å². The van der Waals surface area contributed by atoms with E-state index in [0.29, 0.717) is 10.6 Å². The van der Waals surface area contributed by atoms with E-state index in [-0.39, 0.29) is 0 Å². The molecule has 0 amide bonds. The van der Waals surface area contributed by atoms with Crippen LogP contribution in [0.15, 0.2) is 24.3 Å². The monoisotopic (exact) mass is 227 g/mol. The summed E-state index contributed by atoms with van der Waals surface area (Å²) in [5.74, 6) is -0.916. The van der Waals surface area contributed by atoms with E-state index >= 15 is 0 Å². The summed E-state index contributed by atoms with van der Waals surface area (Å²) in [5, 5.41) is 9.75. The topological polar surface area (TPSA) is 40.5 Å². The molecule has 0 saturated carbocycles. The van der Waals surface area contributed by atoms with Crippen molar-refractivity contribution in [2.24, 2.45) is 0 Å². The van der Waals surface area contributed by atoms with Gasteiger partial charge in [0.25, 0.3) is 0 Å².